The van der Waals surface area contributed by atoms with E-state index in [0.717, 1.165) is 15.4 Å². The maximum Gasteiger partial charge on any atom is 0.264 e. The molecule has 1 N–H and O–H groups in total. The summed E-state index contributed by atoms with van der Waals surface area (Å²) >= 11 is 13.1. The molecule has 45 heavy (non-hydrogen) atoms. The number of benzene rings is 4. The summed E-state index contributed by atoms with van der Waals surface area (Å²) in [5.74, 6) is -0.787. The first kappa shape index (κ1) is 34.0. The second-order valence-electron chi connectivity index (χ2n) is 11.2. The zero-order valence-corrected chi connectivity index (χ0v) is 27.8. The minimum atomic E-state index is -4.18. The van der Waals surface area contributed by atoms with Gasteiger partial charge in [-0.15, -0.1) is 0 Å². The summed E-state index contributed by atoms with van der Waals surface area (Å²) in [6, 6.07) is 28.3. The van der Waals surface area contributed by atoms with Gasteiger partial charge >= 0.3 is 0 Å². The predicted octanol–water partition coefficient (Wildman–Crippen LogP) is 6.91. The summed E-state index contributed by atoms with van der Waals surface area (Å²) in [6.07, 6.45) is 0.189. The molecule has 4 rings (SSSR count). The van der Waals surface area contributed by atoms with Crippen molar-refractivity contribution in [2.75, 3.05) is 17.4 Å². The zero-order chi connectivity index (χ0) is 32.6. The van der Waals surface area contributed by atoms with Gasteiger partial charge < -0.3 is 10.2 Å². The maximum atomic E-state index is 14.5. The van der Waals surface area contributed by atoms with E-state index in [1.54, 1.807) is 60.7 Å². The molecule has 0 unspecified atom stereocenters. The summed E-state index contributed by atoms with van der Waals surface area (Å²) < 4.78 is 29.2. The molecule has 4 aromatic carbocycles. The summed E-state index contributed by atoms with van der Waals surface area (Å²) in [4.78, 5) is 29.8. The van der Waals surface area contributed by atoms with Crippen molar-refractivity contribution >= 4 is 50.7 Å². The van der Waals surface area contributed by atoms with Crippen molar-refractivity contribution < 1.29 is 18.0 Å². The molecular weight excluding hydrogens is 629 g/mol. The number of rotatable bonds is 13. The van der Waals surface area contributed by atoms with Crippen LogP contribution >= 0.6 is 23.2 Å². The van der Waals surface area contributed by atoms with Gasteiger partial charge in [-0.05, 0) is 54.8 Å². The second kappa shape index (κ2) is 15.4. The Morgan fingerprint density at radius 3 is 1.96 bits per heavy atom. The highest BCUT2D eigenvalue weighted by atomic mass is 35.5. The largest absolute Gasteiger partial charge is 0.354 e. The topological polar surface area (TPSA) is 86.8 Å². The van der Waals surface area contributed by atoms with Gasteiger partial charge in [0.2, 0.25) is 11.8 Å². The van der Waals surface area contributed by atoms with Gasteiger partial charge in [0.05, 0.1) is 10.6 Å². The van der Waals surface area contributed by atoms with Crippen LogP contribution < -0.4 is 9.62 Å². The molecule has 2 amide bonds. The summed E-state index contributed by atoms with van der Waals surface area (Å²) in [5, 5.41) is 3.62. The number of amides is 2. The van der Waals surface area contributed by atoms with Crippen LogP contribution in [-0.2, 0) is 32.6 Å². The Kier molecular flexibility index (Phi) is 11.7. The van der Waals surface area contributed by atoms with Crippen molar-refractivity contribution in [2.45, 2.75) is 44.7 Å². The third-order valence-electron chi connectivity index (χ3n) is 7.28. The van der Waals surface area contributed by atoms with Crippen molar-refractivity contribution in [2.24, 2.45) is 5.92 Å². The average Bonchev–Trinajstić information content (AvgIpc) is 3.02. The Labute approximate surface area is 275 Å². The number of sulfonamides is 1. The molecule has 0 bridgehead atoms. The number of nitrogens with one attached hydrogen (secondary N) is 1. The van der Waals surface area contributed by atoms with E-state index in [1.165, 1.54) is 17.0 Å². The molecule has 4 aromatic rings. The maximum absolute atomic E-state index is 14.5. The molecule has 0 saturated heterocycles. The molecule has 10 heteroatoms. The number of carbonyl (C=O) groups excluding carboxylic acids is 2. The van der Waals surface area contributed by atoms with Crippen LogP contribution in [0.25, 0.3) is 0 Å². The highest BCUT2D eigenvalue weighted by Crippen LogP contribution is 2.29. The predicted molar refractivity (Wildman–Crippen MR) is 181 cm³/mol. The second-order valence-corrected chi connectivity index (χ2v) is 13.9. The van der Waals surface area contributed by atoms with Crippen LogP contribution in [0.15, 0.2) is 108 Å². The van der Waals surface area contributed by atoms with E-state index < -0.39 is 28.5 Å². The van der Waals surface area contributed by atoms with Gasteiger partial charge in [0.1, 0.15) is 12.6 Å². The Balaban J connectivity index is 1.81. The van der Waals surface area contributed by atoms with Gasteiger partial charge in [-0.25, -0.2) is 8.42 Å². The van der Waals surface area contributed by atoms with Crippen LogP contribution in [0.5, 0.6) is 0 Å². The quantitative estimate of drug-likeness (QED) is 0.168. The normalized spacial score (nSPS) is 12.0. The van der Waals surface area contributed by atoms with E-state index in [4.69, 9.17) is 23.2 Å². The lowest BCUT2D eigenvalue weighted by Gasteiger charge is -2.34. The minimum absolute atomic E-state index is 0.0426. The lowest BCUT2D eigenvalue weighted by atomic mass is 10.0. The van der Waals surface area contributed by atoms with Gasteiger partial charge in [-0.2, -0.15) is 0 Å². The molecule has 0 aliphatic heterocycles. The fourth-order valence-corrected chi connectivity index (χ4v) is 6.72. The Bertz CT molecular complexity index is 1680. The van der Waals surface area contributed by atoms with Crippen LogP contribution in [0.1, 0.15) is 30.5 Å². The van der Waals surface area contributed by atoms with E-state index in [1.807, 2.05) is 51.1 Å². The third kappa shape index (κ3) is 8.87. The summed E-state index contributed by atoms with van der Waals surface area (Å²) in [6.45, 7) is 5.54. The molecule has 7 nitrogen and oxygen atoms in total. The monoisotopic (exact) mass is 665 g/mol. The number of hydrogen-bond acceptors (Lipinski definition) is 4. The van der Waals surface area contributed by atoms with Crippen LogP contribution in [0.4, 0.5) is 5.69 Å². The number of nitrogens with zero attached hydrogens (tertiary/aromatic N) is 2. The first-order valence-corrected chi connectivity index (χ1v) is 16.9. The standard InChI is InChI=1S/C35H37Cl2N3O4S/c1-25(2)22-38-35(42)33(21-27-11-6-4-7-12-27)39(23-30-31(36)15-10-16-32(30)37)34(41)24-40(28-13-8-5-9-14-28)45(43,44)29-19-17-26(3)18-20-29/h4-20,25,33H,21-24H2,1-3H3,(H,38,42)/t33-/m1/s1. The zero-order valence-electron chi connectivity index (χ0n) is 25.5. The summed E-state index contributed by atoms with van der Waals surface area (Å²) in [5.41, 5.74) is 2.50. The van der Waals surface area contributed by atoms with Crippen LogP contribution in [0.3, 0.4) is 0 Å². The molecule has 0 aliphatic rings. The summed E-state index contributed by atoms with van der Waals surface area (Å²) in [7, 11) is -4.18. The van der Waals surface area contributed by atoms with Crippen molar-refractivity contribution in [1.82, 2.24) is 10.2 Å². The number of carbonyl (C=O) groups is 2. The number of halogens is 2. The number of para-hydroxylation sites is 1. The van der Waals surface area contributed by atoms with Crippen molar-refractivity contribution in [3.63, 3.8) is 0 Å². The van der Waals surface area contributed by atoms with E-state index in [2.05, 4.69) is 5.32 Å². The molecule has 0 radical (unpaired) electrons. The first-order chi connectivity index (χ1) is 21.5. The molecule has 1 atom stereocenters. The minimum Gasteiger partial charge on any atom is -0.354 e. The van der Waals surface area contributed by atoms with Gasteiger partial charge in [0.25, 0.3) is 10.0 Å². The van der Waals surface area contributed by atoms with Crippen molar-refractivity contribution in [1.29, 1.82) is 0 Å². The molecule has 0 aliphatic carbocycles. The molecular formula is C35H37Cl2N3O4S. The Morgan fingerprint density at radius 2 is 1.38 bits per heavy atom. The number of hydrogen-bond donors (Lipinski definition) is 1. The van der Waals surface area contributed by atoms with Gasteiger partial charge in [-0.1, -0.05) is 109 Å². The fourth-order valence-electron chi connectivity index (χ4n) is 4.79. The molecule has 0 fully saturated rings. The van der Waals surface area contributed by atoms with E-state index in [9.17, 15) is 18.0 Å². The Morgan fingerprint density at radius 1 is 0.800 bits per heavy atom. The first-order valence-electron chi connectivity index (χ1n) is 14.7. The van der Waals surface area contributed by atoms with E-state index in [0.29, 0.717) is 27.8 Å². The van der Waals surface area contributed by atoms with Crippen molar-refractivity contribution in [3.8, 4) is 0 Å². The number of anilines is 1. The van der Waals surface area contributed by atoms with Crippen LogP contribution in [0.2, 0.25) is 10.0 Å². The molecule has 0 heterocycles. The van der Waals surface area contributed by atoms with Gasteiger partial charge in [0, 0.05) is 35.1 Å². The van der Waals surface area contributed by atoms with Gasteiger partial charge in [0.15, 0.2) is 0 Å². The molecule has 236 valence electrons. The van der Waals surface area contributed by atoms with Crippen molar-refractivity contribution in [3.05, 3.63) is 130 Å². The number of aryl methyl sites for hydroxylation is 1. The average molecular weight is 667 g/mol. The Hall–Kier alpha value is -3.85. The highest BCUT2D eigenvalue weighted by Gasteiger charge is 2.35. The van der Waals surface area contributed by atoms with Crippen LogP contribution in [-0.4, -0.2) is 44.3 Å². The highest BCUT2D eigenvalue weighted by molar-refractivity contribution is 7.92. The fraction of sp³-hybridized carbons (Fsp3) is 0.257. The van der Waals surface area contributed by atoms with Gasteiger partial charge in [-0.3, -0.25) is 13.9 Å². The van der Waals surface area contributed by atoms with Crippen LogP contribution in [0, 0.1) is 12.8 Å². The molecule has 0 spiro atoms. The SMILES string of the molecule is Cc1ccc(S(=O)(=O)N(CC(=O)N(Cc2c(Cl)cccc2Cl)[C@H](Cc2ccccc2)C(=O)NCC(C)C)c2ccccc2)cc1. The smallest absolute Gasteiger partial charge is 0.264 e. The molecule has 0 saturated carbocycles. The lowest BCUT2D eigenvalue weighted by molar-refractivity contribution is -0.140. The van der Waals surface area contributed by atoms with E-state index in [-0.39, 0.29) is 29.7 Å². The molecule has 0 aromatic heterocycles. The third-order valence-corrected chi connectivity index (χ3v) is 9.77. The lowest BCUT2D eigenvalue weighted by Crippen LogP contribution is -2.53. The van der Waals surface area contributed by atoms with E-state index >= 15 is 0 Å².